The second-order valence-corrected chi connectivity index (χ2v) is 6.35. The third-order valence-electron chi connectivity index (χ3n) is 4.42. The number of hydrogen-bond donors (Lipinski definition) is 2. The number of rotatable bonds is 1. The molecule has 2 bridgehead atoms. The number of nitrogens with zero attached hydrogens (tertiary/aromatic N) is 2. The summed E-state index contributed by atoms with van der Waals surface area (Å²) in [5, 5.41) is 6.22. The molecule has 4 rings (SSSR count). The number of fused-ring (bicyclic) bond motifs is 6. The number of anilines is 2. The van der Waals surface area contributed by atoms with Crippen LogP contribution in [0, 0.1) is 6.92 Å². The van der Waals surface area contributed by atoms with Crippen LogP contribution in [-0.4, -0.2) is 46.9 Å². The molecule has 0 amide bonds. The molecule has 1 aromatic heterocycles. The van der Waals surface area contributed by atoms with Crippen LogP contribution in [0.15, 0.2) is 4.79 Å². The topological polar surface area (TPSA) is 86.6 Å². The summed E-state index contributed by atoms with van der Waals surface area (Å²) >= 11 is 0. The normalized spacial score (nSPS) is 34.5. The van der Waals surface area contributed by atoms with Gasteiger partial charge in [-0.25, -0.2) is 0 Å². The van der Waals surface area contributed by atoms with E-state index in [2.05, 4.69) is 15.6 Å². The summed E-state index contributed by atoms with van der Waals surface area (Å²) in [5.41, 5.74) is 0.161. The van der Waals surface area contributed by atoms with Gasteiger partial charge in [-0.2, -0.15) is 4.98 Å². The van der Waals surface area contributed by atoms with Gasteiger partial charge in [0.2, 0.25) is 0 Å². The minimum atomic E-state index is -0.624. The smallest absolute Gasteiger partial charge is 0.298 e. The summed E-state index contributed by atoms with van der Waals surface area (Å²) in [6, 6.07) is 0. The number of nitrogens with one attached hydrogen (secondary N) is 2. The molecule has 0 saturated carbocycles. The van der Waals surface area contributed by atoms with Gasteiger partial charge in [0.05, 0.1) is 6.54 Å². The van der Waals surface area contributed by atoms with Crippen molar-refractivity contribution in [2.24, 2.45) is 0 Å². The van der Waals surface area contributed by atoms with E-state index in [1.807, 2.05) is 25.3 Å². The summed E-state index contributed by atoms with van der Waals surface area (Å²) in [5.74, 6) is 0.720. The zero-order chi connectivity index (χ0) is 15.6. The van der Waals surface area contributed by atoms with Crippen molar-refractivity contribution in [3.05, 3.63) is 16.2 Å². The lowest BCUT2D eigenvalue weighted by Crippen LogP contribution is -2.39. The van der Waals surface area contributed by atoms with Gasteiger partial charge in [-0.1, -0.05) is 0 Å². The highest BCUT2D eigenvalue weighted by atomic mass is 16.8. The molecule has 8 nitrogen and oxygen atoms in total. The molecule has 2 N–H and O–H groups in total. The number of ether oxygens (including phenoxy) is 3. The van der Waals surface area contributed by atoms with Crippen molar-refractivity contribution >= 4 is 11.5 Å². The van der Waals surface area contributed by atoms with Crippen molar-refractivity contribution in [3.63, 3.8) is 0 Å². The van der Waals surface area contributed by atoms with Crippen LogP contribution in [0.2, 0.25) is 0 Å². The molecule has 2 saturated heterocycles. The van der Waals surface area contributed by atoms with Gasteiger partial charge in [-0.3, -0.25) is 4.79 Å². The molecule has 0 spiro atoms. The van der Waals surface area contributed by atoms with Crippen LogP contribution < -0.4 is 16.2 Å². The van der Waals surface area contributed by atoms with Crippen molar-refractivity contribution in [2.45, 2.75) is 57.6 Å². The van der Waals surface area contributed by atoms with Crippen LogP contribution in [0.25, 0.3) is 0 Å². The van der Waals surface area contributed by atoms with Crippen LogP contribution in [0.5, 0.6) is 0 Å². The van der Waals surface area contributed by atoms with E-state index in [1.165, 1.54) is 0 Å². The predicted octanol–water partition coefficient (Wildman–Crippen LogP) is 0.264. The average molecular weight is 308 g/mol. The lowest BCUT2D eigenvalue weighted by atomic mass is 10.1. The molecule has 4 atom stereocenters. The molecule has 3 aliphatic rings. The highest BCUT2D eigenvalue weighted by Crippen LogP contribution is 2.41. The van der Waals surface area contributed by atoms with Crippen LogP contribution in [0.3, 0.4) is 0 Å². The maximum Gasteiger partial charge on any atom is 0.298 e. The molecule has 8 heteroatoms. The Hall–Kier alpha value is -1.64. The van der Waals surface area contributed by atoms with E-state index in [0.717, 1.165) is 0 Å². The SMILES string of the molecule is CNc1c2n(c(C)nc1=O)C[C@H]1O[C@H](N2)C2OC(C)(C)O[C@H]21. The summed E-state index contributed by atoms with van der Waals surface area (Å²) in [4.78, 5) is 16.1. The van der Waals surface area contributed by atoms with Crippen molar-refractivity contribution < 1.29 is 14.2 Å². The third-order valence-corrected chi connectivity index (χ3v) is 4.42. The largest absolute Gasteiger partial charge is 0.381 e. The highest BCUT2D eigenvalue weighted by Gasteiger charge is 2.56. The van der Waals surface area contributed by atoms with Crippen LogP contribution in [0.4, 0.5) is 11.5 Å². The van der Waals surface area contributed by atoms with Gasteiger partial charge in [-0.05, 0) is 20.8 Å². The predicted molar refractivity (Wildman–Crippen MR) is 78.9 cm³/mol. The van der Waals surface area contributed by atoms with Crippen molar-refractivity contribution in [3.8, 4) is 0 Å². The average Bonchev–Trinajstić information content (AvgIpc) is 2.79. The standard InChI is InChI=1S/C14H20N4O4/c1-6-16-12(19)8(15-4)11-17-13-10-9(21-14(2,3)22-10)7(20-13)5-18(6)11/h7,9-10,13,15,17H,5H2,1-4H3/t7-,9+,10?,13+/m1/s1. The van der Waals surface area contributed by atoms with E-state index < -0.39 is 5.79 Å². The monoisotopic (exact) mass is 308 g/mol. The summed E-state index contributed by atoms with van der Waals surface area (Å²) in [6.07, 6.45) is -0.809. The lowest BCUT2D eigenvalue weighted by molar-refractivity contribution is -0.184. The quantitative estimate of drug-likeness (QED) is 0.769. The van der Waals surface area contributed by atoms with Crippen molar-refractivity contribution in [1.82, 2.24) is 9.55 Å². The summed E-state index contributed by atoms with van der Waals surface area (Å²) in [7, 11) is 1.71. The van der Waals surface area contributed by atoms with Gasteiger partial charge in [0.15, 0.2) is 12.0 Å². The fourth-order valence-electron chi connectivity index (χ4n) is 3.52. The maximum absolute atomic E-state index is 12.1. The molecule has 0 aromatic carbocycles. The minimum absolute atomic E-state index is 0.127. The first-order valence-corrected chi connectivity index (χ1v) is 7.46. The fraction of sp³-hybridized carbons (Fsp3) is 0.714. The van der Waals surface area contributed by atoms with E-state index in [1.54, 1.807) is 7.05 Å². The lowest BCUT2D eigenvalue weighted by Gasteiger charge is -2.24. The van der Waals surface area contributed by atoms with Crippen molar-refractivity contribution in [1.29, 1.82) is 0 Å². The van der Waals surface area contributed by atoms with E-state index in [4.69, 9.17) is 14.2 Å². The number of aromatic nitrogens is 2. The van der Waals surface area contributed by atoms with Gasteiger partial charge in [0.25, 0.3) is 5.56 Å². The molecule has 1 unspecified atom stereocenters. The Morgan fingerprint density at radius 1 is 1.36 bits per heavy atom. The van der Waals surface area contributed by atoms with Crippen LogP contribution in [0.1, 0.15) is 19.7 Å². The van der Waals surface area contributed by atoms with Gasteiger partial charge in [-0.15, -0.1) is 0 Å². The number of aryl methyl sites for hydroxylation is 1. The van der Waals surface area contributed by atoms with Gasteiger partial charge >= 0.3 is 0 Å². The second kappa shape index (κ2) is 4.43. The van der Waals surface area contributed by atoms with Gasteiger partial charge in [0.1, 0.15) is 35.6 Å². The first kappa shape index (κ1) is 14.0. The molecule has 0 aliphatic carbocycles. The first-order chi connectivity index (χ1) is 10.4. The summed E-state index contributed by atoms with van der Waals surface area (Å²) in [6.45, 7) is 6.18. The molecule has 0 radical (unpaired) electrons. The Morgan fingerprint density at radius 2 is 2.09 bits per heavy atom. The second-order valence-electron chi connectivity index (χ2n) is 6.35. The van der Waals surface area contributed by atoms with E-state index in [9.17, 15) is 4.79 Å². The van der Waals surface area contributed by atoms with E-state index in [0.29, 0.717) is 23.9 Å². The molecule has 22 heavy (non-hydrogen) atoms. The summed E-state index contributed by atoms with van der Waals surface area (Å²) < 4.78 is 19.9. The molecule has 120 valence electrons. The number of hydrogen-bond acceptors (Lipinski definition) is 7. The molecule has 1 aromatic rings. The molecule has 3 aliphatic heterocycles. The van der Waals surface area contributed by atoms with E-state index in [-0.39, 0.29) is 30.1 Å². The van der Waals surface area contributed by atoms with E-state index >= 15 is 0 Å². The first-order valence-electron chi connectivity index (χ1n) is 7.46. The Balaban J connectivity index is 1.79. The van der Waals surface area contributed by atoms with Gasteiger partial charge < -0.3 is 29.4 Å². The maximum atomic E-state index is 12.1. The Morgan fingerprint density at radius 3 is 2.82 bits per heavy atom. The Bertz CT molecular complexity index is 686. The van der Waals surface area contributed by atoms with Crippen LogP contribution in [-0.2, 0) is 20.8 Å². The zero-order valence-corrected chi connectivity index (χ0v) is 13.0. The van der Waals surface area contributed by atoms with Crippen LogP contribution >= 0.6 is 0 Å². The highest BCUT2D eigenvalue weighted by molar-refractivity contribution is 5.64. The molecule has 2 fully saturated rings. The molecule has 4 heterocycles. The van der Waals surface area contributed by atoms with Gasteiger partial charge in [0, 0.05) is 7.05 Å². The zero-order valence-electron chi connectivity index (χ0n) is 13.0. The Kier molecular flexibility index (Phi) is 2.82. The Labute approximate surface area is 127 Å². The minimum Gasteiger partial charge on any atom is -0.381 e. The third kappa shape index (κ3) is 1.87. The molecular formula is C14H20N4O4. The van der Waals surface area contributed by atoms with Crippen molar-refractivity contribution in [2.75, 3.05) is 17.7 Å². The fourth-order valence-corrected chi connectivity index (χ4v) is 3.52. The molecular weight excluding hydrogens is 288 g/mol.